The summed E-state index contributed by atoms with van der Waals surface area (Å²) in [6.45, 7) is 2.35. The molecule has 3 aromatic rings. The summed E-state index contributed by atoms with van der Waals surface area (Å²) in [5.41, 5.74) is 3.54. The van der Waals surface area contributed by atoms with E-state index in [0.717, 1.165) is 22.4 Å². The lowest BCUT2D eigenvalue weighted by Gasteiger charge is -2.11. The van der Waals surface area contributed by atoms with E-state index >= 15 is 0 Å². The molecular formula is C24H22ClNO3. The molecule has 29 heavy (non-hydrogen) atoms. The van der Waals surface area contributed by atoms with Crippen LogP contribution in [0, 0.1) is 6.92 Å². The minimum atomic E-state index is -0.223. The first-order chi connectivity index (χ1) is 14.0. The number of rotatable bonds is 7. The number of anilines is 1. The molecule has 4 nitrogen and oxygen atoms in total. The standard InChI is InChI=1S/C24H22ClNO3/c1-17-14-20(25)10-11-21(17)26-24(27)13-9-18-8-12-22(23(15-18)28-2)29-16-19-6-4-3-5-7-19/h3-15H,16H2,1-2H3,(H,26,27). The Hall–Kier alpha value is -3.24. The molecule has 0 heterocycles. The lowest BCUT2D eigenvalue weighted by atomic mass is 10.1. The van der Waals surface area contributed by atoms with Crippen molar-refractivity contribution in [3.05, 3.63) is 94.5 Å². The van der Waals surface area contributed by atoms with Crippen molar-refractivity contribution in [1.82, 2.24) is 0 Å². The van der Waals surface area contributed by atoms with Gasteiger partial charge in [-0.05, 0) is 60.0 Å². The number of halogens is 1. The molecule has 1 amide bonds. The Bertz CT molecular complexity index is 1020. The molecule has 0 aliphatic heterocycles. The molecule has 1 N–H and O–H groups in total. The second-order valence-corrected chi connectivity index (χ2v) is 6.90. The average molecular weight is 408 g/mol. The molecule has 3 rings (SSSR count). The van der Waals surface area contributed by atoms with Crippen molar-refractivity contribution in [1.29, 1.82) is 0 Å². The Balaban J connectivity index is 1.65. The van der Waals surface area contributed by atoms with Gasteiger partial charge in [-0.25, -0.2) is 0 Å². The summed E-state index contributed by atoms with van der Waals surface area (Å²) in [7, 11) is 1.59. The van der Waals surface area contributed by atoms with Crippen LogP contribution in [0.1, 0.15) is 16.7 Å². The molecule has 0 saturated carbocycles. The molecular weight excluding hydrogens is 386 g/mol. The third-order valence-electron chi connectivity index (χ3n) is 4.30. The van der Waals surface area contributed by atoms with Crippen molar-refractivity contribution in [2.45, 2.75) is 13.5 Å². The van der Waals surface area contributed by atoms with Crippen LogP contribution in [-0.4, -0.2) is 13.0 Å². The zero-order chi connectivity index (χ0) is 20.6. The number of nitrogens with one attached hydrogen (secondary N) is 1. The molecule has 5 heteroatoms. The molecule has 148 valence electrons. The largest absolute Gasteiger partial charge is 0.493 e. The Morgan fingerprint density at radius 1 is 1.03 bits per heavy atom. The van der Waals surface area contributed by atoms with Crippen LogP contribution in [0.25, 0.3) is 6.08 Å². The molecule has 0 aromatic heterocycles. The first kappa shape index (κ1) is 20.5. The number of benzene rings is 3. The Morgan fingerprint density at radius 3 is 2.55 bits per heavy atom. The van der Waals surface area contributed by atoms with Gasteiger partial charge in [-0.1, -0.05) is 48.0 Å². The SMILES string of the molecule is COc1cc(C=CC(=O)Nc2ccc(Cl)cc2C)ccc1OCc1ccccc1. The van der Waals surface area contributed by atoms with Crippen LogP contribution in [0.5, 0.6) is 11.5 Å². The van der Waals surface area contributed by atoms with Gasteiger partial charge in [-0.3, -0.25) is 4.79 Å². The van der Waals surface area contributed by atoms with Crippen LogP contribution in [0.2, 0.25) is 5.02 Å². The van der Waals surface area contributed by atoms with E-state index in [0.29, 0.717) is 23.1 Å². The van der Waals surface area contributed by atoms with Crippen LogP contribution in [0.15, 0.2) is 72.8 Å². The third kappa shape index (κ3) is 5.87. The molecule has 0 bridgehead atoms. The van der Waals surface area contributed by atoms with Crippen LogP contribution in [-0.2, 0) is 11.4 Å². The second kappa shape index (κ2) is 9.80. The number of hydrogen-bond donors (Lipinski definition) is 1. The maximum Gasteiger partial charge on any atom is 0.248 e. The predicted octanol–water partition coefficient (Wildman–Crippen LogP) is 5.89. The van der Waals surface area contributed by atoms with E-state index in [1.807, 2.05) is 55.5 Å². The van der Waals surface area contributed by atoms with Crippen LogP contribution in [0.3, 0.4) is 0 Å². The number of hydrogen-bond acceptors (Lipinski definition) is 3. The molecule has 0 aliphatic carbocycles. The van der Waals surface area contributed by atoms with Crippen LogP contribution >= 0.6 is 11.6 Å². The van der Waals surface area contributed by atoms with Gasteiger partial charge in [0, 0.05) is 16.8 Å². The summed E-state index contributed by atoms with van der Waals surface area (Å²) in [5, 5.41) is 3.48. The lowest BCUT2D eigenvalue weighted by molar-refractivity contribution is -0.111. The number of amides is 1. The van der Waals surface area contributed by atoms with Gasteiger partial charge in [-0.2, -0.15) is 0 Å². The van der Waals surface area contributed by atoms with Crippen molar-refractivity contribution in [3.63, 3.8) is 0 Å². The molecule has 0 unspecified atom stereocenters. The quantitative estimate of drug-likeness (QED) is 0.497. The highest BCUT2D eigenvalue weighted by Gasteiger charge is 2.06. The maximum absolute atomic E-state index is 12.2. The van der Waals surface area contributed by atoms with E-state index < -0.39 is 0 Å². The van der Waals surface area contributed by atoms with Crippen LogP contribution < -0.4 is 14.8 Å². The zero-order valence-electron chi connectivity index (χ0n) is 16.3. The van der Waals surface area contributed by atoms with Gasteiger partial charge < -0.3 is 14.8 Å². The molecule has 0 radical (unpaired) electrons. The lowest BCUT2D eigenvalue weighted by Crippen LogP contribution is -2.08. The summed E-state index contributed by atoms with van der Waals surface area (Å²) in [6.07, 6.45) is 3.21. The minimum absolute atomic E-state index is 0.223. The van der Waals surface area contributed by atoms with Gasteiger partial charge in [0.1, 0.15) is 6.61 Å². The topological polar surface area (TPSA) is 47.6 Å². The summed E-state index contributed by atoms with van der Waals surface area (Å²) in [4.78, 5) is 12.2. The van der Waals surface area contributed by atoms with Crippen molar-refractivity contribution in [2.75, 3.05) is 12.4 Å². The number of ether oxygens (including phenoxy) is 2. The second-order valence-electron chi connectivity index (χ2n) is 6.47. The van der Waals surface area contributed by atoms with Gasteiger partial charge in [0.15, 0.2) is 11.5 Å². The smallest absolute Gasteiger partial charge is 0.248 e. The maximum atomic E-state index is 12.2. The fourth-order valence-electron chi connectivity index (χ4n) is 2.76. The molecule has 0 spiro atoms. The van der Waals surface area contributed by atoms with Crippen LogP contribution in [0.4, 0.5) is 5.69 Å². The Morgan fingerprint density at radius 2 is 1.83 bits per heavy atom. The van der Waals surface area contributed by atoms with Gasteiger partial charge in [0.2, 0.25) is 5.91 Å². The van der Waals surface area contributed by atoms with E-state index in [1.54, 1.807) is 31.4 Å². The van der Waals surface area contributed by atoms with E-state index in [1.165, 1.54) is 6.08 Å². The van der Waals surface area contributed by atoms with Crippen molar-refractivity contribution in [3.8, 4) is 11.5 Å². The number of methoxy groups -OCH3 is 1. The average Bonchev–Trinajstić information content (AvgIpc) is 2.73. The minimum Gasteiger partial charge on any atom is -0.493 e. The van der Waals surface area contributed by atoms with E-state index in [9.17, 15) is 4.79 Å². The summed E-state index contributed by atoms with van der Waals surface area (Å²) < 4.78 is 11.3. The van der Waals surface area contributed by atoms with E-state index in [2.05, 4.69) is 5.32 Å². The monoisotopic (exact) mass is 407 g/mol. The highest BCUT2D eigenvalue weighted by Crippen LogP contribution is 2.29. The fourth-order valence-corrected chi connectivity index (χ4v) is 2.98. The molecule has 0 aliphatic rings. The van der Waals surface area contributed by atoms with Crippen molar-refractivity contribution < 1.29 is 14.3 Å². The predicted molar refractivity (Wildman–Crippen MR) is 118 cm³/mol. The molecule has 0 atom stereocenters. The molecule has 0 saturated heterocycles. The van der Waals surface area contributed by atoms with E-state index in [-0.39, 0.29) is 5.91 Å². The highest BCUT2D eigenvalue weighted by molar-refractivity contribution is 6.30. The first-order valence-electron chi connectivity index (χ1n) is 9.15. The Kier molecular flexibility index (Phi) is 6.93. The van der Waals surface area contributed by atoms with E-state index in [4.69, 9.17) is 21.1 Å². The highest BCUT2D eigenvalue weighted by atomic mass is 35.5. The number of aryl methyl sites for hydroxylation is 1. The molecule has 3 aromatic carbocycles. The molecule has 0 fully saturated rings. The van der Waals surface area contributed by atoms with Gasteiger partial charge in [0.05, 0.1) is 7.11 Å². The van der Waals surface area contributed by atoms with Gasteiger partial charge in [-0.15, -0.1) is 0 Å². The summed E-state index contributed by atoms with van der Waals surface area (Å²) >= 11 is 5.94. The Labute approximate surface area is 175 Å². The number of carbonyl (C=O) groups excluding carboxylic acids is 1. The zero-order valence-corrected chi connectivity index (χ0v) is 17.1. The third-order valence-corrected chi connectivity index (χ3v) is 4.53. The summed E-state index contributed by atoms with van der Waals surface area (Å²) in [6, 6.07) is 20.8. The van der Waals surface area contributed by atoms with Crippen molar-refractivity contribution >= 4 is 29.3 Å². The van der Waals surface area contributed by atoms with Gasteiger partial charge in [0.25, 0.3) is 0 Å². The number of carbonyl (C=O) groups is 1. The van der Waals surface area contributed by atoms with Crippen molar-refractivity contribution in [2.24, 2.45) is 0 Å². The summed E-state index contributed by atoms with van der Waals surface area (Å²) in [5.74, 6) is 1.03. The first-order valence-corrected chi connectivity index (χ1v) is 9.53. The fraction of sp³-hybridized carbons (Fsp3) is 0.125. The van der Waals surface area contributed by atoms with Gasteiger partial charge >= 0.3 is 0 Å². The normalized spacial score (nSPS) is 10.7.